The first-order valence-electron chi connectivity index (χ1n) is 9.43. The molecule has 3 aromatic rings. The number of thioether (sulfide) groups is 1. The van der Waals surface area contributed by atoms with Crippen LogP contribution in [0.1, 0.15) is 31.7 Å². The van der Waals surface area contributed by atoms with E-state index in [4.69, 9.17) is 0 Å². The topological polar surface area (TPSA) is 71.4 Å². The normalized spacial score (nSPS) is 11.4. The van der Waals surface area contributed by atoms with Crippen LogP contribution in [0.3, 0.4) is 0 Å². The third-order valence-electron chi connectivity index (χ3n) is 4.37. The number of nitrogens with one attached hydrogen (secondary N) is 2. The largest absolute Gasteiger partial charge is 0.313 e. The van der Waals surface area contributed by atoms with Crippen molar-refractivity contribution in [2.45, 2.75) is 44.9 Å². The van der Waals surface area contributed by atoms with Gasteiger partial charge < -0.3 is 9.88 Å². The summed E-state index contributed by atoms with van der Waals surface area (Å²) in [4.78, 5) is 0. The van der Waals surface area contributed by atoms with Crippen molar-refractivity contribution < 1.29 is 0 Å². The monoisotopic (exact) mass is 384 g/mol. The molecule has 0 unspecified atom stereocenters. The van der Waals surface area contributed by atoms with Gasteiger partial charge in [-0.3, -0.25) is 5.10 Å². The van der Waals surface area contributed by atoms with Crippen molar-refractivity contribution in [3.8, 4) is 11.3 Å². The molecule has 0 atom stereocenters. The van der Waals surface area contributed by atoms with E-state index >= 15 is 0 Å². The standard InChI is InChI=1S/C20H28N6S/c1-15(2)14-26-18(23-25-20(26)27-3)10-7-11-21-12-17-13-22-24-19(17)16-8-5-4-6-9-16/h4-6,8-9,13,15,21H,7,10-12,14H2,1-3H3,(H,22,24). The summed E-state index contributed by atoms with van der Waals surface area (Å²) in [5.41, 5.74) is 3.44. The summed E-state index contributed by atoms with van der Waals surface area (Å²) in [7, 11) is 0. The average Bonchev–Trinajstić information content (AvgIpc) is 3.29. The van der Waals surface area contributed by atoms with Crippen LogP contribution in [0.2, 0.25) is 0 Å². The highest BCUT2D eigenvalue weighted by Gasteiger charge is 2.12. The smallest absolute Gasteiger partial charge is 0.190 e. The zero-order chi connectivity index (χ0) is 19.1. The molecule has 0 aliphatic rings. The highest BCUT2D eigenvalue weighted by Crippen LogP contribution is 2.20. The molecule has 0 fully saturated rings. The molecule has 0 saturated heterocycles. The van der Waals surface area contributed by atoms with E-state index in [9.17, 15) is 0 Å². The Bertz CT molecular complexity index is 824. The van der Waals surface area contributed by atoms with E-state index in [0.717, 1.165) is 54.7 Å². The molecular weight excluding hydrogens is 356 g/mol. The molecule has 0 spiro atoms. The predicted octanol–water partition coefficient (Wildman–Crippen LogP) is 3.77. The second kappa shape index (κ2) is 9.71. The van der Waals surface area contributed by atoms with Crippen molar-refractivity contribution >= 4 is 11.8 Å². The number of benzene rings is 1. The van der Waals surface area contributed by atoms with Crippen molar-refractivity contribution in [1.29, 1.82) is 0 Å². The highest BCUT2D eigenvalue weighted by atomic mass is 32.2. The minimum Gasteiger partial charge on any atom is -0.313 e. The molecule has 144 valence electrons. The summed E-state index contributed by atoms with van der Waals surface area (Å²) in [6.45, 7) is 7.16. The third-order valence-corrected chi connectivity index (χ3v) is 5.04. The number of aryl methyl sites for hydroxylation is 1. The molecule has 2 aromatic heterocycles. The number of aromatic nitrogens is 5. The maximum Gasteiger partial charge on any atom is 0.190 e. The van der Waals surface area contributed by atoms with E-state index < -0.39 is 0 Å². The van der Waals surface area contributed by atoms with Crippen LogP contribution in [0.5, 0.6) is 0 Å². The van der Waals surface area contributed by atoms with Gasteiger partial charge in [0.2, 0.25) is 0 Å². The lowest BCUT2D eigenvalue weighted by Gasteiger charge is -2.11. The molecule has 2 N–H and O–H groups in total. The second-order valence-corrected chi connectivity index (χ2v) is 7.80. The number of rotatable bonds is 10. The Morgan fingerprint density at radius 1 is 1.19 bits per heavy atom. The molecule has 0 saturated carbocycles. The van der Waals surface area contributed by atoms with Crippen LogP contribution < -0.4 is 5.32 Å². The first-order valence-corrected chi connectivity index (χ1v) is 10.7. The summed E-state index contributed by atoms with van der Waals surface area (Å²) in [5.74, 6) is 1.67. The van der Waals surface area contributed by atoms with E-state index in [-0.39, 0.29) is 0 Å². The number of hydrogen-bond acceptors (Lipinski definition) is 5. The lowest BCUT2D eigenvalue weighted by atomic mass is 10.1. The number of H-pyrrole nitrogens is 1. The minimum atomic E-state index is 0.585. The molecule has 0 radical (unpaired) electrons. The number of aromatic amines is 1. The van der Waals surface area contributed by atoms with Gasteiger partial charge >= 0.3 is 0 Å². The number of hydrogen-bond donors (Lipinski definition) is 2. The van der Waals surface area contributed by atoms with Crippen molar-refractivity contribution in [3.63, 3.8) is 0 Å². The summed E-state index contributed by atoms with van der Waals surface area (Å²) in [6, 6.07) is 10.3. The molecule has 27 heavy (non-hydrogen) atoms. The van der Waals surface area contributed by atoms with Gasteiger partial charge in [0.1, 0.15) is 5.82 Å². The lowest BCUT2D eigenvalue weighted by Crippen LogP contribution is -2.17. The Hall–Kier alpha value is -2.12. The molecule has 2 heterocycles. The molecular formula is C20H28N6S. The number of nitrogens with zero attached hydrogens (tertiary/aromatic N) is 4. The molecule has 6 nitrogen and oxygen atoms in total. The molecule has 7 heteroatoms. The summed E-state index contributed by atoms with van der Waals surface area (Å²) >= 11 is 1.66. The van der Waals surface area contributed by atoms with E-state index in [1.165, 1.54) is 5.56 Å². The van der Waals surface area contributed by atoms with Crippen LogP contribution in [-0.4, -0.2) is 37.8 Å². The van der Waals surface area contributed by atoms with Gasteiger partial charge in [-0.25, -0.2) is 0 Å². The fourth-order valence-electron chi connectivity index (χ4n) is 3.10. The van der Waals surface area contributed by atoms with Crippen LogP contribution in [0.25, 0.3) is 11.3 Å². The summed E-state index contributed by atoms with van der Waals surface area (Å²) in [6.07, 6.45) is 5.92. The maximum atomic E-state index is 4.39. The highest BCUT2D eigenvalue weighted by molar-refractivity contribution is 7.98. The van der Waals surface area contributed by atoms with Crippen LogP contribution in [0.4, 0.5) is 0 Å². The zero-order valence-electron chi connectivity index (χ0n) is 16.3. The first-order chi connectivity index (χ1) is 13.2. The second-order valence-electron chi connectivity index (χ2n) is 7.02. The molecule has 0 amide bonds. The summed E-state index contributed by atoms with van der Waals surface area (Å²) < 4.78 is 2.26. The van der Waals surface area contributed by atoms with Gasteiger partial charge in [0.05, 0.1) is 11.9 Å². The molecule has 1 aromatic carbocycles. The zero-order valence-corrected chi connectivity index (χ0v) is 17.1. The minimum absolute atomic E-state index is 0.585. The van der Waals surface area contributed by atoms with Gasteiger partial charge in [-0.05, 0) is 30.7 Å². The quantitative estimate of drug-likeness (QED) is 0.411. The molecule has 0 aliphatic carbocycles. The van der Waals surface area contributed by atoms with Crippen molar-refractivity contribution in [2.75, 3.05) is 12.8 Å². The first kappa shape index (κ1) is 19.6. The van der Waals surface area contributed by atoms with Crippen molar-refractivity contribution in [2.24, 2.45) is 5.92 Å². The molecule has 3 rings (SSSR count). The van der Waals surface area contributed by atoms with Crippen LogP contribution in [-0.2, 0) is 19.5 Å². The van der Waals surface area contributed by atoms with Gasteiger partial charge in [0.15, 0.2) is 5.16 Å². The Labute approximate surface area is 165 Å². The molecule has 0 aliphatic heterocycles. The lowest BCUT2D eigenvalue weighted by molar-refractivity contribution is 0.476. The van der Waals surface area contributed by atoms with E-state index in [2.05, 4.69) is 62.5 Å². The Balaban J connectivity index is 1.50. The van der Waals surface area contributed by atoms with Gasteiger partial charge in [0.25, 0.3) is 0 Å². The Morgan fingerprint density at radius 3 is 2.74 bits per heavy atom. The fourth-order valence-corrected chi connectivity index (χ4v) is 3.62. The predicted molar refractivity (Wildman–Crippen MR) is 111 cm³/mol. The summed E-state index contributed by atoms with van der Waals surface area (Å²) in [5, 5.41) is 20.6. The third kappa shape index (κ3) is 5.20. The van der Waals surface area contributed by atoms with E-state index in [0.29, 0.717) is 5.92 Å². The van der Waals surface area contributed by atoms with Crippen LogP contribution in [0.15, 0.2) is 41.7 Å². The SMILES string of the molecule is CSc1nnc(CCCNCc2cn[nH]c2-c2ccccc2)n1CC(C)C. The average molecular weight is 385 g/mol. The van der Waals surface area contributed by atoms with E-state index in [1.807, 2.05) is 24.4 Å². The van der Waals surface area contributed by atoms with Crippen molar-refractivity contribution in [1.82, 2.24) is 30.3 Å². The van der Waals surface area contributed by atoms with Gasteiger partial charge in [0, 0.05) is 25.1 Å². The van der Waals surface area contributed by atoms with Gasteiger partial charge in [-0.2, -0.15) is 5.10 Å². The van der Waals surface area contributed by atoms with E-state index in [1.54, 1.807) is 11.8 Å². The van der Waals surface area contributed by atoms with Gasteiger partial charge in [-0.1, -0.05) is 55.9 Å². The van der Waals surface area contributed by atoms with Crippen LogP contribution >= 0.6 is 11.8 Å². The fraction of sp³-hybridized carbons (Fsp3) is 0.450. The van der Waals surface area contributed by atoms with Gasteiger partial charge in [-0.15, -0.1) is 10.2 Å². The maximum absolute atomic E-state index is 4.39. The van der Waals surface area contributed by atoms with Crippen LogP contribution in [0, 0.1) is 5.92 Å². The van der Waals surface area contributed by atoms with Crippen molar-refractivity contribution in [3.05, 3.63) is 47.9 Å². The Morgan fingerprint density at radius 2 is 2.00 bits per heavy atom. The Kier molecular flexibility index (Phi) is 7.06. The molecule has 0 bridgehead atoms.